The van der Waals surface area contributed by atoms with Gasteiger partial charge in [0.2, 0.25) is 0 Å². The van der Waals surface area contributed by atoms with E-state index < -0.39 is 0 Å². The molecule has 1 aromatic carbocycles. The summed E-state index contributed by atoms with van der Waals surface area (Å²) in [5.41, 5.74) is 1.32. The monoisotopic (exact) mass is 240 g/mol. The zero-order chi connectivity index (χ0) is 9.36. The Bertz CT molecular complexity index is 239. The van der Waals surface area contributed by atoms with Gasteiger partial charge in [-0.3, -0.25) is 0 Å². The van der Waals surface area contributed by atoms with Crippen molar-refractivity contribution in [2.45, 2.75) is 25.1 Å². The van der Waals surface area contributed by atoms with E-state index in [1.165, 1.54) is 23.7 Å². The summed E-state index contributed by atoms with van der Waals surface area (Å²) in [7, 11) is 0. The first-order valence-electron chi connectivity index (χ1n) is 4.76. The Kier molecular flexibility index (Phi) is 5.64. The summed E-state index contributed by atoms with van der Waals surface area (Å²) in [4.78, 5) is 2.33. The van der Waals surface area contributed by atoms with Crippen molar-refractivity contribution in [2.75, 3.05) is 0 Å². The van der Waals surface area contributed by atoms with E-state index in [0.29, 0.717) is 15.0 Å². The van der Waals surface area contributed by atoms with Crippen molar-refractivity contribution < 1.29 is 0 Å². The van der Waals surface area contributed by atoms with E-state index in [1.54, 1.807) is 0 Å². The van der Waals surface area contributed by atoms with Gasteiger partial charge in [-0.05, 0) is 0 Å². The van der Waals surface area contributed by atoms with Crippen LogP contribution in [0.4, 0.5) is 0 Å². The molecule has 0 saturated carbocycles. The Morgan fingerprint density at radius 2 is 2.00 bits per heavy atom. The van der Waals surface area contributed by atoms with Crippen LogP contribution in [0.25, 0.3) is 6.08 Å². The molecule has 0 spiro atoms. The fourth-order valence-corrected chi connectivity index (χ4v) is 2.76. The second-order valence-electron chi connectivity index (χ2n) is 2.94. The SMILES string of the molecule is CCCC[Se]/C=C\c1ccccc1. The van der Waals surface area contributed by atoms with Gasteiger partial charge in [-0.1, -0.05) is 0 Å². The van der Waals surface area contributed by atoms with E-state index in [1.807, 2.05) is 0 Å². The van der Waals surface area contributed by atoms with Crippen molar-refractivity contribution in [1.82, 2.24) is 0 Å². The average Bonchev–Trinajstić information content (AvgIpc) is 2.19. The molecule has 0 saturated heterocycles. The van der Waals surface area contributed by atoms with Gasteiger partial charge in [0.25, 0.3) is 0 Å². The van der Waals surface area contributed by atoms with Crippen molar-refractivity contribution >= 4 is 21.0 Å². The van der Waals surface area contributed by atoms with Gasteiger partial charge >= 0.3 is 87.0 Å². The summed E-state index contributed by atoms with van der Waals surface area (Å²) in [6, 6.07) is 10.5. The minimum atomic E-state index is 0.700. The van der Waals surface area contributed by atoms with Crippen molar-refractivity contribution in [2.24, 2.45) is 0 Å². The van der Waals surface area contributed by atoms with E-state index in [9.17, 15) is 0 Å². The van der Waals surface area contributed by atoms with Crippen LogP contribution in [0.1, 0.15) is 25.3 Å². The zero-order valence-electron chi connectivity index (χ0n) is 8.07. The topological polar surface area (TPSA) is 0 Å². The third-order valence-corrected chi connectivity index (χ3v) is 3.56. The number of hydrogen-bond donors (Lipinski definition) is 0. The molecule has 1 heteroatoms. The summed E-state index contributed by atoms with van der Waals surface area (Å²) >= 11 is 0.700. The van der Waals surface area contributed by atoms with Crippen molar-refractivity contribution in [3.63, 3.8) is 0 Å². The van der Waals surface area contributed by atoms with Gasteiger partial charge in [0.05, 0.1) is 0 Å². The third kappa shape index (κ3) is 4.92. The van der Waals surface area contributed by atoms with Crippen molar-refractivity contribution in [3.05, 3.63) is 40.9 Å². The minimum absolute atomic E-state index is 0.700. The van der Waals surface area contributed by atoms with E-state index in [0.717, 1.165) is 0 Å². The first-order chi connectivity index (χ1) is 6.43. The Hall–Kier alpha value is -0.521. The second kappa shape index (κ2) is 6.94. The van der Waals surface area contributed by atoms with Crippen LogP contribution in [-0.4, -0.2) is 15.0 Å². The molecule has 0 unspecified atom stereocenters. The van der Waals surface area contributed by atoms with Crippen LogP contribution in [-0.2, 0) is 0 Å². The molecule has 1 rings (SSSR count). The Morgan fingerprint density at radius 3 is 2.69 bits per heavy atom. The van der Waals surface area contributed by atoms with Gasteiger partial charge in [0.15, 0.2) is 0 Å². The molecule has 0 amide bonds. The van der Waals surface area contributed by atoms with Gasteiger partial charge in [-0.15, -0.1) is 0 Å². The first-order valence-corrected chi connectivity index (χ1v) is 6.96. The molecule has 0 aliphatic heterocycles. The molecule has 0 N–H and O–H groups in total. The van der Waals surface area contributed by atoms with Crippen LogP contribution in [0, 0.1) is 0 Å². The quantitative estimate of drug-likeness (QED) is 0.544. The predicted octanol–water partition coefficient (Wildman–Crippen LogP) is 3.58. The fourth-order valence-electron chi connectivity index (χ4n) is 0.987. The standard InChI is InChI=1S/C12H16Se/c1-2-3-10-13-11-9-12-7-5-4-6-8-12/h4-9,11H,2-3,10H2,1H3/b11-9-. The Labute approximate surface area is 87.2 Å². The van der Waals surface area contributed by atoms with Gasteiger partial charge in [-0.2, -0.15) is 0 Å². The van der Waals surface area contributed by atoms with Gasteiger partial charge in [0.1, 0.15) is 0 Å². The van der Waals surface area contributed by atoms with Crippen LogP contribution in [0.15, 0.2) is 35.3 Å². The second-order valence-corrected chi connectivity index (χ2v) is 5.06. The molecule has 0 radical (unpaired) electrons. The van der Waals surface area contributed by atoms with Gasteiger partial charge in [0, 0.05) is 0 Å². The number of unbranched alkanes of at least 4 members (excludes halogenated alkanes) is 1. The molecule has 0 aliphatic rings. The molecule has 0 aliphatic carbocycles. The molecule has 0 bridgehead atoms. The van der Waals surface area contributed by atoms with Crippen molar-refractivity contribution in [3.8, 4) is 0 Å². The summed E-state index contributed by atoms with van der Waals surface area (Å²) in [5, 5.41) is 1.38. The predicted molar refractivity (Wildman–Crippen MR) is 60.9 cm³/mol. The van der Waals surface area contributed by atoms with Gasteiger partial charge in [-0.25, -0.2) is 0 Å². The van der Waals surface area contributed by atoms with Crippen LogP contribution < -0.4 is 0 Å². The molecule has 0 heterocycles. The van der Waals surface area contributed by atoms with E-state index in [4.69, 9.17) is 0 Å². The summed E-state index contributed by atoms with van der Waals surface area (Å²) in [6.45, 7) is 2.25. The molecule has 13 heavy (non-hydrogen) atoms. The van der Waals surface area contributed by atoms with Crippen LogP contribution in [0.3, 0.4) is 0 Å². The van der Waals surface area contributed by atoms with E-state index in [-0.39, 0.29) is 0 Å². The summed E-state index contributed by atoms with van der Waals surface area (Å²) < 4.78 is 0. The summed E-state index contributed by atoms with van der Waals surface area (Å²) in [6.07, 6.45) is 4.93. The van der Waals surface area contributed by atoms with Crippen LogP contribution in [0.2, 0.25) is 5.32 Å². The molecule has 0 nitrogen and oxygen atoms in total. The van der Waals surface area contributed by atoms with Crippen LogP contribution in [0.5, 0.6) is 0 Å². The maximum absolute atomic E-state index is 2.33. The molecular weight excluding hydrogens is 223 g/mol. The summed E-state index contributed by atoms with van der Waals surface area (Å²) in [5.74, 6) is 0. The fraction of sp³-hybridized carbons (Fsp3) is 0.333. The number of benzene rings is 1. The Balaban J connectivity index is 2.25. The first kappa shape index (κ1) is 10.6. The molecule has 70 valence electrons. The van der Waals surface area contributed by atoms with Crippen molar-refractivity contribution in [1.29, 1.82) is 0 Å². The average molecular weight is 239 g/mol. The molecule has 1 aromatic rings. The van der Waals surface area contributed by atoms with E-state index >= 15 is 0 Å². The number of rotatable bonds is 5. The van der Waals surface area contributed by atoms with Gasteiger partial charge < -0.3 is 0 Å². The third-order valence-electron chi connectivity index (χ3n) is 1.77. The van der Waals surface area contributed by atoms with E-state index in [2.05, 4.69) is 48.3 Å². The Morgan fingerprint density at radius 1 is 1.23 bits per heavy atom. The normalized spacial score (nSPS) is 10.8. The molecular formula is C12H16Se. The number of hydrogen-bond acceptors (Lipinski definition) is 0. The molecule has 0 fully saturated rings. The molecule has 0 aromatic heterocycles. The van der Waals surface area contributed by atoms with Crippen LogP contribution >= 0.6 is 0 Å². The zero-order valence-corrected chi connectivity index (χ0v) is 9.78. The maximum atomic E-state index is 2.33. The molecule has 0 atom stereocenters.